The molecule has 28 heavy (non-hydrogen) atoms. The molecule has 0 saturated carbocycles. The number of carboxylic acids is 1. The van der Waals surface area contributed by atoms with Crippen LogP contribution in [-0.2, 0) is 20.9 Å². The van der Waals surface area contributed by atoms with Gasteiger partial charge in [-0.2, -0.15) is 13.2 Å². The van der Waals surface area contributed by atoms with Crippen molar-refractivity contribution in [3.8, 4) is 0 Å². The van der Waals surface area contributed by atoms with E-state index in [0.717, 1.165) is 16.5 Å². The summed E-state index contributed by atoms with van der Waals surface area (Å²) in [5, 5.41) is 7.99. The van der Waals surface area contributed by atoms with Crippen LogP contribution in [0.15, 0.2) is 30.5 Å². The molecule has 3 rings (SSSR count). The van der Waals surface area contributed by atoms with Crippen molar-refractivity contribution in [2.24, 2.45) is 11.7 Å². The summed E-state index contributed by atoms with van der Waals surface area (Å²) in [5.74, 6) is -4.18. The lowest BCUT2D eigenvalue weighted by Gasteiger charge is -2.16. The van der Waals surface area contributed by atoms with Crippen molar-refractivity contribution >= 4 is 34.4 Å². The standard InChI is InChI=1S/C15H16N4O2.C2HF3O2/c16-12-3-5-18-13-2-1-9(7-11(12)13)8-19-6-4-10(14(17)20)15(19)21;3-2(4,5)1(6)7/h1-3,5,7,10H,4,6,8H2,(H2,16,18)(H2,17,20);(H,6,7)/t10-;/m0./s1. The molecule has 2 amide bonds. The van der Waals surface area contributed by atoms with Crippen molar-refractivity contribution < 1.29 is 32.7 Å². The fourth-order valence-corrected chi connectivity index (χ4v) is 2.69. The highest BCUT2D eigenvalue weighted by atomic mass is 19.4. The second-order valence-corrected chi connectivity index (χ2v) is 6.06. The van der Waals surface area contributed by atoms with E-state index in [4.69, 9.17) is 21.4 Å². The number of likely N-dealkylation sites (tertiary alicyclic amines) is 1. The number of anilines is 1. The van der Waals surface area contributed by atoms with Gasteiger partial charge in [0.1, 0.15) is 5.92 Å². The Kier molecular flexibility index (Phi) is 6.06. The zero-order valence-electron chi connectivity index (χ0n) is 14.4. The number of nitrogen functional groups attached to an aromatic ring is 1. The van der Waals surface area contributed by atoms with Crippen molar-refractivity contribution in [3.63, 3.8) is 0 Å². The van der Waals surface area contributed by atoms with Gasteiger partial charge < -0.3 is 21.5 Å². The van der Waals surface area contributed by atoms with Gasteiger partial charge in [-0.1, -0.05) is 6.07 Å². The van der Waals surface area contributed by atoms with Crippen LogP contribution in [0.1, 0.15) is 12.0 Å². The Morgan fingerprint density at radius 1 is 1.29 bits per heavy atom. The van der Waals surface area contributed by atoms with E-state index < -0.39 is 24.0 Å². The number of pyridine rings is 1. The van der Waals surface area contributed by atoms with Crippen LogP contribution in [0.25, 0.3) is 10.9 Å². The lowest BCUT2D eigenvalue weighted by atomic mass is 10.1. The van der Waals surface area contributed by atoms with Gasteiger partial charge in [-0.15, -0.1) is 0 Å². The van der Waals surface area contributed by atoms with Gasteiger partial charge >= 0.3 is 12.1 Å². The fraction of sp³-hybridized carbons (Fsp3) is 0.294. The van der Waals surface area contributed by atoms with Crippen molar-refractivity contribution in [3.05, 3.63) is 36.0 Å². The average molecular weight is 398 g/mol. The quantitative estimate of drug-likeness (QED) is 0.666. The Morgan fingerprint density at radius 2 is 1.93 bits per heavy atom. The molecule has 1 atom stereocenters. The summed E-state index contributed by atoms with van der Waals surface area (Å²) in [7, 11) is 0. The van der Waals surface area contributed by atoms with Gasteiger partial charge in [0, 0.05) is 30.4 Å². The number of alkyl halides is 3. The van der Waals surface area contributed by atoms with Gasteiger partial charge in [0.2, 0.25) is 11.8 Å². The minimum absolute atomic E-state index is 0.193. The number of primary amides is 1. The van der Waals surface area contributed by atoms with Crippen molar-refractivity contribution in [1.82, 2.24) is 9.88 Å². The summed E-state index contributed by atoms with van der Waals surface area (Å²) < 4.78 is 31.7. The van der Waals surface area contributed by atoms with Crippen LogP contribution < -0.4 is 11.5 Å². The zero-order valence-corrected chi connectivity index (χ0v) is 14.4. The number of aliphatic carboxylic acids is 1. The highest BCUT2D eigenvalue weighted by molar-refractivity contribution is 6.01. The highest BCUT2D eigenvalue weighted by Gasteiger charge is 2.38. The molecule has 8 nitrogen and oxygen atoms in total. The summed E-state index contributed by atoms with van der Waals surface area (Å²) in [6.45, 7) is 1.000. The highest BCUT2D eigenvalue weighted by Crippen LogP contribution is 2.24. The van der Waals surface area contributed by atoms with Crippen molar-refractivity contribution in [1.29, 1.82) is 0 Å². The third kappa shape index (κ3) is 4.87. The van der Waals surface area contributed by atoms with Crippen LogP contribution in [0.5, 0.6) is 0 Å². The third-order valence-corrected chi connectivity index (χ3v) is 4.10. The normalized spacial score (nSPS) is 16.6. The number of carbonyl (C=O) groups excluding carboxylic acids is 2. The topological polar surface area (TPSA) is 140 Å². The van der Waals surface area contributed by atoms with Gasteiger partial charge in [-0.3, -0.25) is 14.6 Å². The molecule has 2 heterocycles. The molecule has 0 aliphatic carbocycles. The molecule has 0 unspecified atom stereocenters. The van der Waals surface area contributed by atoms with Gasteiger partial charge in [0.15, 0.2) is 0 Å². The summed E-state index contributed by atoms with van der Waals surface area (Å²) in [4.78, 5) is 38.0. The number of aromatic nitrogens is 1. The van der Waals surface area contributed by atoms with Crippen molar-refractivity contribution in [2.45, 2.75) is 19.1 Å². The fourth-order valence-electron chi connectivity index (χ4n) is 2.69. The Balaban J connectivity index is 0.000000345. The smallest absolute Gasteiger partial charge is 0.475 e. The SMILES string of the molecule is NC(=O)[C@@H]1CCN(Cc2ccc3nccc(N)c3c2)C1=O.O=C(O)C(F)(F)F. The molecule has 1 fully saturated rings. The molecule has 150 valence electrons. The zero-order chi connectivity index (χ0) is 21.1. The maximum atomic E-state index is 12.1. The molecule has 1 aromatic carbocycles. The Morgan fingerprint density at radius 3 is 2.46 bits per heavy atom. The van der Waals surface area contributed by atoms with Crippen LogP contribution in [0.3, 0.4) is 0 Å². The van der Waals surface area contributed by atoms with Crippen LogP contribution in [0.4, 0.5) is 18.9 Å². The Labute approximate surface area is 156 Å². The molecule has 1 aliphatic rings. The number of hydrogen-bond donors (Lipinski definition) is 3. The number of halogens is 3. The van der Waals surface area contributed by atoms with Crippen LogP contribution in [0.2, 0.25) is 0 Å². The number of nitrogens with zero attached hydrogens (tertiary/aromatic N) is 2. The molecule has 11 heteroatoms. The number of nitrogens with two attached hydrogens (primary N) is 2. The van der Waals surface area contributed by atoms with E-state index in [9.17, 15) is 22.8 Å². The summed E-state index contributed by atoms with van der Waals surface area (Å²) in [6.07, 6.45) is -2.93. The minimum atomic E-state index is -5.08. The summed E-state index contributed by atoms with van der Waals surface area (Å²) in [6, 6.07) is 7.48. The average Bonchev–Trinajstić information content (AvgIpc) is 2.96. The molecule has 5 N–H and O–H groups in total. The van der Waals surface area contributed by atoms with E-state index in [1.165, 1.54) is 0 Å². The summed E-state index contributed by atoms with van der Waals surface area (Å²) >= 11 is 0. The van der Waals surface area contributed by atoms with E-state index in [2.05, 4.69) is 4.98 Å². The van der Waals surface area contributed by atoms with Gasteiger partial charge in [0.05, 0.1) is 5.52 Å². The lowest BCUT2D eigenvalue weighted by Crippen LogP contribution is -2.33. The number of carbonyl (C=O) groups is 3. The molecule has 0 bridgehead atoms. The van der Waals surface area contributed by atoms with Crippen molar-refractivity contribution in [2.75, 3.05) is 12.3 Å². The van der Waals surface area contributed by atoms with Gasteiger partial charge in [-0.05, 0) is 30.2 Å². The van der Waals surface area contributed by atoms with E-state index in [1.54, 1.807) is 17.2 Å². The van der Waals surface area contributed by atoms with E-state index in [0.29, 0.717) is 25.2 Å². The Hall–Kier alpha value is -3.37. The minimum Gasteiger partial charge on any atom is -0.475 e. The first-order valence-electron chi connectivity index (χ1n) is 8.02. The molecular formula is C17H17F3N4O4. The molecule has 1 aliphatic heterocycles. The van der Waals surface area contributed by atoms with Crippen LogP contribution in [-0.4, -0.2) is 45.5 Å². The number of hydrogen-bond acceptors (Lipinski definition) is 5. The first-order valence-corrected chi connectivity index (χ1v) is 8.02. The largest absolute Gasteiger partial charge is 0.490 e. The lowest BCUT2D eigenvalue weighted by molar-refractivity contribution is -0.192. The number of benzene rings is 1. The third-order valence-electron chi connectivity index (χ3n) is 4.10. The van der Waals surface area contributed by atoms with E-state index in [1.807, 2.05) is 18.2 Å². The molecule has 1 saturated heterocycles. The molecule has 0 radical (unpaired) electrons. The van der Waals surface area contributed by atoms with E-state index >= 15 is 0 Å². The Bertz CT molecular complexity index is 917. The first-order chi connectivity index (χ1) is 13.0. The predicted octanol–water partition coefficient (Wildman–Crippen LogP) is 1.28. The van der Waals surface area contributed by atoms with Gasteiger partial charge in [0.25, 0.3) is 0 Å². The number of amides is 2. The van der Waals surface area contributed by atoms with Crippen LogP contribution in [0, 0.1) is 5.92 Å². The van der Waals surface area contributed by atoms with Gasteiger partial charge in [-0.25, -0.2) is 4.79 Å². The maximum Gasteiger partial charge on any atom is 0.490 e. The second kappa shape index (κ2) is 8.11. The molecule has 2 aromatic rings. The predicted molar refractivity (Wildman–Crippen MR) is 92.6 cm³/mol. The summed E-state index contributed by atoms with van der Waals surface area (Å²) in [5.41, 5.74) is 13.6. The van der Waals surface area contributed by atoms with Crippen LogP contribution >= 0.6 is 0 Å². The molecule has 1 aromatic heterocycles. The maximum absolute atomic E-state index is 12.1. The first kappa shape index (κ1) is 20.9. The second-order valence-electron chi connectivity index (χ2n) is 6.06. The molecule has 0 spiro atoms. The number of carboxylic acid groups (broad SMARTS) is 1. The number of fused-ring (bicyclic) bond motifs is 1. The molecular weight excluding hydrogens is 381 g/mol. The number of rotatable bonds is 3. The monoisotopic (exact) mass is 398 g/mol. The van der Waals surface area contributed by atoms with E-state index in [-0.39, 0.29) is 5.91 Å².